The summed E-state index contributed by atoms with van der Waals surface area (Å²) in [4.78, 5) is 22.0. The molecule has 1 aromatic heterocycles. The Bertz CT molecular complexity index is 1010. The molecule has 4 nitrogen and oxygen atoms in total. The molecule has 0 spiro atoms. The molecular formula is C23H23N3O. The third-order valence-corrected chi connectivity index (χ3v) is 5.14. The average molecular weight is 357 g/mol. The summed E-state index contributed by atoms with van der Waals surface area (Å²) in [6, 6.07) is 16.5. The van der Waals surface area contributed by atoms with Crippen LogP contribution in [0.1, 0.15) is 50.8 Å². The highest BCUT2D eigenvalue weighted by molar-refractivity contribution is 5.99. The Labute approximate surface area is 159 Å². The Balaban J connectivity index is 1.66. The van der Waals surface area contributed by atoms with Gasteiger partial charge in [-0.2, -0.15) is 0 Å². The highest BCUT2D eigenvalue weighted by Gasteiger charge is 2.29. The standard InChI is InChI=1S/C23H23N3O/c1-14-7-9-19(10-8-14)25-23-24-16(3)22-20(26-23)12-18(13-21(22)27)17-6-4-5-15(2)11-17/h4-11,18H,12-13H2,1-3H3,(H,24,25,26)/t18-/m1/s1. The topological polar surface area (TPSA) is 54.9 Å². The molecule has 0 amide bonds. The first-order valence-corrected chi connectivity index (χ1v) is 9.30. The molecule has 1 heterocycles. The minimum atomic E-state index is 0.141. The summed E-state index contributed by atoms with van der Waals surface area (Å²) in [7, 11) is 0. The van der Waals surface area contributed by atoms with E-state index in [1.165, 1.54) is 16.7 Å². The third-order valence-electron chi connectivity index (χ3n) is 5.14. The fraction of sp³-hybridized carbons (Fsp3) is 0.261. The van der Waals surface area contributed by atoms with Gasteiger partial charge in [0.2, 0.25) is 5.95 Å². The van der Waals surface area contributed by atoms with Gasteiger partial charge in [-0.1, -0.05) is 47.5 Å². The van der Waals surface area contributed by atoms with Crippen LogP contribution in [0.15, 0.2) is 48.5 Å². The minimum absolute atomic E-state index is 0.141. The molecule has 0 radical (unpaired) electrons. The van der Waals surface area contributed by atoms with E-state index in [0.717, 1.165) is 23.5 Å². The van der Waals surface area contributed by atoms with Gasteiger partial charge in [0.25, 0.3) is 0 Å². The summed E-state index contributed by atoms with van der Waals surface area (Å²) in [5.74, 6) is 0.862. The number of carbonyl (C=O) groups excluding carboxylic acids is 1. The van der Waals surface area contributed by atoms with Crippen molar-refractivity contribution in [3.05, 3.63) is 82.2 Å². The van der Waals surface area contributed by atoms with E-state index in [0.29, 0.717) is 17.9 Å². The smallest absolute Gasteiger partial charge is 0.227 e. The van der Waals surface area contributed by atoms with Crippen molar-refractivity contribution >= 4 is 17.4 Å². The Morgan fingerprint density at radius 3 is 2.44 bits per heavy atom. The van der Waals surface area contributed by atoms with Crippen LogP contribution >= 0.6 is 0 Å². The number of Topliss-reactive ketones (excluding diaryl/α,β-unsaturated/α-hetero) is 1. The second-order valence-corrected chi connectivity index (χ2v) is 7.39. The number of aryl methyl sites for hydroxylation is 3. The molecule has 27 heavy (non-hydrogen) atoms. The molecule has 0 bridgehead atoms. The molecule has 0 unspecified atom stereocenters. The highest BCUT2D eigenvalue weighted by Crippen LogP contribution is 2.34. The Morgan fingerprint density at radius 2 is 1.70 bits per heavy atom. The lowest BCUT2D eigenvalue weighted by atomic mass is 9.81. The predicted octanol–water partition coefficient (Wildman–Crippen LogP) is 5.06. The number of carbonyl (C=O) groups is 1. The number of nitrogens with zero attached hydrogens (tertiary/aromatic N) is 2. The summed E-state index contributed by atoms with van der Waals surface area (Å²) >= 11 is 0. The van der Waals surface area contributed by atoms with Gasteiger partial charge in [0.15, 0.2) is 5.78 Å². The molecular weight excluding hydrogens is 334 g/mol. The monoisotopic (exact) mass is 357 g/mol. The average Bonchev–Trinajstić information content (AvgIpc) is 2.63. The van der Waals surface area contributed by atoms with Crippen LogP contribution in [-0.2, 0) is 6.42 Å². The van der Waals surface area contributed by atoms with Crippen LogP contribution in [0.3, 0.4) is 0 Å². The van der Waals surface area contributed by atoms with Crippen molar-refractivity contribution in [2.75, 3.05) is 5.32 Å². The normalized spacial score (nSPS) is 16.1. The van der Waals surface area contributed by atoms with Crippen molar-refractivity contribution in [1.82, 2.24) is 9.97 Å². The van der Waals surface area contributed by atoms with E-state index >= 15 is 0 Å². The molecule has 1 aliphatic rings. The van der Waals surface area contributed by atoms with E-state index in [-0.39, 0.29) is 11.7 Å². The van der Waals surface area contributed by atoms with Crippen LogP contribution in [0.2, 0.25) is 0 Å². The molecule has 136 valence electrons. The van der Waals surface area contributed by atoms with E-state index in [2.05, 4.69) is 48.4 Å². The van der Waals surface area contributed by atoms with E-state index in [9.17, 15) is 4.79 Å². The Hall–Kier alpha value is -3.01. The number of benzene rings is 2. The molecule has 4 rings (SSSR count). The van der Waals surface area contributed by atoms with Gasteiger partial charge >= 0.3 is 0 Å². The molecule has 0 saturated carbocycles. The summed E-state index contributed by atoms with van der Waals surface area (Å²) in [5.41, 5.74) is 6.87. The first-order valence-electron chi connectivity index (χ1n) is 9.30. The van der Waals surface area contributed by atoms with Crippen LogP contribution in [-0.4, -0.2) is 15.8 Å². The number of hydrogen-bond acceptors (Lipinski definition) is 4. The van der Waals surface area contributed by atoms with Crippen LogP contribution < -0.4 is 5.32 Å². The Morgan fingerprint density at radius 1 is 0.926 bits per heavy atom. The van der Waals surface area contributed by atoms with Crippen LogP contribution in [0.25, 0.3) is 0 Å². The lowest BCUT2D eigenvalue weighted by Gasteiger charge is -2.25. The van der Waals surface area contributed by atoms with Gasteiger partial charge in [-0.25, -0.2) is 9.97 Å². The zero-order valence-corrected chi connectivity index (χ0v) is 15.9. The van der Waals surface area contributed by atoms with Gasteiger partial charge in [-0.15, -0.1) is 0 Å². The quantitative estimate of drug-likeness (QED) is 0.712. The second-order valence-electron chi connectivity index (χ2n) is 7.39. The molecule has 2 aromatic carbocycles. The van der Waals surface area contributed by atoms with Crippen molar-refractivity contribution in [3.8, 4) is 0 Å². The lowest BCUT2D eigenvalue weighted by Crippen LogP contribution is -2.22. The van der Waals surface area contributed by atoms with E-state index in [1.807, 2.05) is 31.2 Å². The van der Waals surface area contributed by atoms with Crippen LogP contribution in [0.5, 0.6) is 0 Å². The van der Waals surface area contributed by atoms with Crippen LogP contribution in [0, 0.1) is 20.8 Å². The number of hydrogen-bond donors (Lipinski definition) is 1. The lowest BCUT2D eigenvalue weighted by molar-refractivity contribution is 0.0962. The maximum atomic E-state index is 12.8. The van der Waals surface area contributed by atoms with Gasteiger partial charge < -0.3 is 5.32 Å². The van der Waals surface area contributed by atoms with Gasteiger partial charge in [-0.05, 0) is 50.8 Å². The number of aromatic nitrogens is 2. The maximum absolute atomic E-state index is 12.8. The first kappa shape index (κ1) is 17.4. The molecule has 3 aromatic rings. The fourth-order valence-corrected chi connectivity index (χ4v) is 3.76. The van der Waals surface area contributed by atoms with Crippen molar-refractivity contribution in [1.29, 1.82) is 0 Å². The number of ketones is 1. The minimum Gasteiger partial charge on any atom is -0.324 e. The summed E-state index contributed by atoms with van der Waals surface area (Å²) in [6.45, 7) is 6.03. The van der Waals surface area contributed by atoms with Crippen molar-refractivity contribution in [2.45, 2.75) is 39.5 Å². The number of rotatable bonds is 3. The van der Waals surface area contributed by atoms with Gasteiger partial charge in [0, 0.05) is 12.1 Å². The van der Waals surface area contributed by atoms with Gasteiger partial charge in [-0.3, -0.25) is 4.79 Å². The summed E-state index contributed by atoms with van der Waals surface area (Å²) in [6.07, 6.45) is 1.28. The van der Waals surface area contributed by atoms with E-state index < -0.39 is 0 Å². The summed E-state index contributed by atoms with van der Waals surface area (Å²) in [5, 5.41) is 3.27. The van der Waals surface area contributed by atoms with E-state index in [4.69, 9.17) is 4.98 Å². The van der Waals surface area contributed by atoms with Gasteiger partial charge in [0.05, 0.1) is 17.0 Å². The molecule has 0 fully saturated rings. The van der Waals surface area contributed by atoms with Crippen LogP contribution in [0.4, 0.5) is 11.6 Å². The second kappa shape index (κ2) is 6.95. The SMILES string of the molecule is Cc1ccc(Nc2nc(C)c3c(n2)C[C@@H](c2cccc(C)c2)CC3=O)cc1. The molecule has 0 saturated heterocycles. The molecule has 1 aliphatic carbocycles. The number of nitrogens with one attached hydrogen (secondary N) is 1. The van der Waals surface area contributed by atoms with Crippen molar-refractivity contribution in [3.63, 3.8) is 0 Å². The maximum Gasteiger partial charge on any atom is 0.227 e. The largest absolute Gasteiger partial charge is 0.324 e. The Kier molecular flexibility index (Phi) is 4.48. The molecule has 4 heteroatoms. The van der Waals surface area contributed by atoms with E-state index in [1.54, 1.807) is 0 Å². The highest BCUT2D eigenvalue weighted by atomic mass is 16.1. The van der Waals surface area contributed by atoms with Gasteiger partial charge in [0.1, 0.15) is 0 Å². The molecule has 0 aliphatic heterocycles. The van der Waals surface area contributed by atoms with Crippen molar-refractivity contribution in [2.24, 2.45) is 0 Å². The molecule has 1 N–H and O–H groups in total. The third kappa shape index (κ3) is 3.61. The summed E-state index contributed by atoms with van der Waals surface area (Å²) < 4.78 is 0. The molecule has 1 atom stereocenters. The predicted molar refractivity (Wildman–Crippen MR) is 108 cm³/mol. The zero-order chi connectivity index (χ0) is 19.0. The number of fused-ring (bicyclic) bond motifs is 1. The first-order chi connectivity index (χ1) is 13.0. The fourth-order valence-electron chi connectivity index (χ4n) is 3.76. The number of anilines is 2. The van der Waals surface area contributed by atoms with Crippen molar-refractivity contribution < 1.29 is 4.79 Å². The zero-order valence-electron chi connectivity index (χ0n) is 15.9.